The fraction of sp³-hybridized carbons (Fsp3) is 0.308. The SMILES string of the molecule is CCN1c2ncc(CCOc3cccc4c3CCS(=O)(=O)N4Cc3nn[nH]n3)cc2C(=O)N(C)c2cccnc21. The second-order valence-corrected chi connectivity index (χ2v) is 11.4. The predicted octanol–water partition coefficient (Wildman–Crippen LogP) is 2.25. The van der Waals surface area contributed by atoms with Gasteiger partial charge in [0, 0.05) is 38.0 Å². The lowest BCUT2D eigenvalue weighted by molar-refractivity contribution is 0.0994. The molecule has 2 aliphatic heterocycles. The van der Waals surface area contributed by atoms with Crippen LogP contribution in [0, 0.1) is 0 Å². The van der Waals surface area contributed by atoms with E-state index >= 15 is 0 Å². The lowest BCUT2D eigenvalue weighted by Gasteiger charge is -2.30. The first-order valence-electron chi connectivity index (χ1n) is 12.8. The third kappa shape index (κ3) is 4.49. The molecule has 3 aromatic heterocycles. The molecule has 1 amide bonds. The maximum atomic E-state index is 13.4. The largest absolute Gasteiger partial charge is 0.493 e. The molecule has 0 spiro atoms. The summed E-state index contributed by atoms with van der Waals surface area (Å²) in [6.45, 7) is 2.90. The number of rotatable bonds is 7. The van der Waals surface area contributed by atoms with Crippen LogP contribution in [0.15, 0.2) is 48.8 Å². The topological polar surface area (TPSA) is 150 Å². The second-order valence-electron chi connectivity index (χ2n) is 9.42. The molecule has 0 unspecified atom stereocenters. The quantitative estimate of drug-likeness (QED) is 0.356. The molecule has 0 bridgehead atoms. The summed E-state index contributed by atoms with van der Waals surface area (Å²) in [5, 5.41) is 13.7. The normalized spacial score (nSPS) is 15.8. The molecule has 0 fully saturated rings. The zero-order chi connectivity index (χ0) is 27.9. The summed E-state index contributed by atoms with van der Waals surface area (Å²) in [7, 11) is -1.80. The Hall–Kier alpha value is -4.59. The fourth-order valence-electron chi connectivity index (χ4n) is 5.06. The van der Waals surface area contributed by atoms with Crippen molar-refractivity contribution in [2.75, 3.05) is 40.1 Å². The number of amides is 1. The number of nitrogens with zero attached hydrogens (tertiary/aromatic N) is 8. The van der Waals surface area contributed by atoms with Crippen molar-refractivity contribution in [2.24, 2.45) is 0 Å². The Labute approximate surface area is 230 Å². The fourth-order valence-corrected chi connectivity index (χ4v) is 6.53. The van der Waals surface area contributed by atoms with Gasteiger partial charge in [-0.1, -0.05) is 11.3 Å². The molecule has 0 atom stereocenters. The van der Waals surface area contributed by atoms with Crippen molar-refractivity contribution in [1.82, 2.24) is 30.6 Å². The summed E-state index contributed by atoms with van der Waals surface area (Å²) in [5.74, 6) is 1.94. The number of aromatic amines is 1. The smallest absolute Gasteiger partial charge is 0.261 e. The van der Waals surface area contributed by atoms with Gasteiger partial charge < -0.3 is 14.5 Å². The summed E-state index contributed by atoms with van der Waals surface area (Å²) >= 11 is 0. The number of aromatic nitrogens is 6. The van der Waals surface area contributed by atoms with Crippen molar-refractivity contribution in [3.05, 3.63) is 71.3 Å². The standard InChI is InChI=1S/C26H27N9O4S/c1-3-34-24-19(26(36)33(2)21-7-5-11-27-25(21)34)14-17(15-28-24)9-12-39-22-8-4-6-20-18(22)10-13-40(37,38)35(20)16-23-29-31-32-30-23/h4-8,11,14-15H,3,9-10,12-13,16H2,1-2H3,(H,29,30,31,32). The van der Waals surface area contributed by atoms with Crippen molar-refractivity contribution < 1.29 is 17.9 Å². The van der Waals surface area contributed by atoms with Gasteiger partial charge in [-0.25, -0.2) is 18.4 Å². The Morgan fingerprint density at radius 2 is 1.95 bits per heavy atom. The Morgan fingerprint density at radius 1 is 1.10 bits per heavy atom. The average molecular weight is 562 g/mol. The van der Waals surface area contributed by atoms with E-state index in [2.05, 4.69) is 30.6 Å². The van der Waals surface area contributed by atoms with Crippen LogP contribution in [0.2, 0.25) is 0 Å². The summed E-state index contributed by atoms with van der Waals surface area (Å²) in [5.41, 5.74) is 3.42. The van der Waals surface area contributed by atoms with Gasteiger partial charge in [-0.15, -0.1) is 10.2 Å². The highest BCUT2D eigenvalue weighted by atomic mass is 32.2. The number of carbonyl (C=O) groups excluding carboxylic acids is 1. The zero-order valence-electron chi connectivity index (χ0n) is 22.0. The number of sulfonamides is 1. The minimum absolute atomic E-state index is 0.0211. The molecule has 14 heteroatoms. The van der Waals surface area contributed by atoms with Crippen LogP contribution >= 0.6 is 0 Å². The Bertz CT molecular complexity index is 1680. The van der Waals surface area contributed by atoms with Crippen LogP contribution < -0.4 is 18.8 Å². The monoisotopic (exact) mass is 561 g/mol. The highest BCUT2D eigenvalue weighted by molar-refractivity contribution is 7.92. The van der Waals surface area contributed by atoms with Crippen molar-refractivity contribution >= 4 is 38.9 Å². The highest BCUT2D eigenvalue weighted by Crippen LogP contribution is 2.38. The molecule has 1 aromatic carbocycles. The van der Waals surface area contributed by atoms with Crippen molar-refractivity contribution in [2.45, 2.75) is 26.3 Å². The number of carbonyl (C=O) groups is 1. The van der Waals surface area contributed by atoms with E-state index in [4.69, 9.17) is 4.74 Å². The number of nitrogens with one attached hydrogen (secondary N) is 1. The minimum Gasteiger partial charge on any atom is -0.493 e. The van der Waals surface area contributed by atoms with E-state index in [-0.39, 0.29) is 24.0 Å². The van der Waals surface area contributed by atoms with Gasteiger partial charge in [-0.05, 0) is 49.2 Å². The number of hydrogen-bond donors (Lipinski definition) is 1. The minimum atomic E-state index is -3.54. The molecule has 40 heavy (non-hydrogen) atoms. The first kappa shape index (κ1) is 25.7. The third-order valence-electron chi connectivity index (χ3n) is 7.06. The van der Waals surface area contributed by atoms with E-state index in [1.54, 1.807) is 36.5 Å². The van der Waals surface area contributed by atoms with E-state index in [9.17, 15) is 13.2 Å². The number of ether oxygens (including phenoxy) is 1. The number of anilines is 4. The molecule has 2 aliphatic rings. The molecule has 0 saturated carbocycles. The van der Waals surface area contributed by atoms with Crippen molar-refractivity contribution in [1.29, 1.82) is 0 Å². The van der Waals surface area contributed by atoms with Crippen LogP contribution in [-0.4, -0.2) is 70.9 Å². The van der Waals surface area contributed by atoms with Crippen LogP contribution in [0.25, 0.3) is 0 Å². The van der Waals surface area contributed by atoms with E-state index in [1.165, 1.54) is 4.31 Å². The molecule has 206 valence electrons. The molecule has 5 heterocycles. The van der Waals surface area contributed by atoms with Gasteiger partial charge in [0.25, 0.3) is 5.91 Å². The molecule has 13 nitrogen and oxygen atoms in total. The van der Waals surface area contributed by atoms with Gasteiger partial charge in [-0.2, -0.15) is 5.21 Å². The number of hydrogen-bond acceptors (Lipinski definition) is 10. The van der Waals surface area contributed by atoms with Crippen LogP contribution in [0.5, 0.6) is 5.75 Å². The average Bonchev–Trinajstić information content (AvgIpc) is 3.46. The van der Waals surface area contributed by atoms with Gasteiger partial charge in [-0.3, -0.25) is 9.10 Å². The van der Waals surface area contributed by atoms with Gasteiger partial charge in [0.1, 0.15) is 11.6 Å². The molecule has 0 saturated heterocycles. The van der Waals surface area contributed by atoms with E-state index in [0.717, 1.165) is 16.8 Å². The molecule has 0 radical (unpaired) electrons. The summed E-state index contributed by atoms with van der Waals surface area (Å²) < 4.78 is 33.1. The van der Waals surface area contributed by atoms with Gasteiger partial charge in [0.15, 0.2) is 11.6 Å². The summed E-state index contributed by atoms with van der Waals surface area (Å²) in [4.78, 5) is 26.1. The van der Waals surface area contributed by atoms with Gasteiger partial charge in [0.2, 0.25) is 10.0 Å². The Balaban J connectivity index is 1.22. The van der Waals surface area contributed by atoms with E-state index in [0.29, 0.717) is 54.6 Å². The van der Waals surface area contributed by atoms with Gasteiger partial charge >= 0.3 is 0 Å². The van der Waals surface area contributed by atoms with Crippen molar-refractivity contribution in [3.63, 3.8) is 0 Å². The first-order chi connectivity index (χ1) is 19.4. The van der Waals surface area contributed by atoms with Crippen LogP contribution in [-0.2, 0) is 29.4 Å². The molecular formula is C26H27N9O4S. The maximum absolute atomic E-state index is 13.4. The molecular weight excluding hydrogens is 534 g/mol. The van der Waals surface area contributed by atoms with Gasteiger partial charge in [0.05, 0.1) is 35.8 Å². The Morgan fingerprint density at radius 3 is 2.75 bits per heavy atom. The molecule has 0 aliphatic carbocycles. The van der Waals surface area contributed by atoms with Crippen LogP contribution in [0.3, 0.4) is 0 Å². The van der Waals surface area contributed by atoms with Crippen LogP contribution in [0.4, 0.5) is 23.0 Å². The highest BCUT2D eigenvalue weighted by Gasteiger charge is 2.33. The number of benzene rings is 1. The van der Waals surface area contributed by atoms with Crippen LogP contribution in [0.1, 0.15) is 34.2 Å². The predicted molar refractivity (Wildman–Crippen MR) is 147 cm³/mol. The molecule has 6 rings (SSSR count). The zero-order valence-corrected chi connectivity index (χ0v) is 22.8. The Kier molecular flexibility index (Phi) is 6.54. The lowest BCUT2D eigenvalue weighted by Crippen LogP contribution is -2.37. The van der Waals surface area contributed by atoms with E-state index < -0.39 is 10.0 Å². The van der Waals surface area contributed by atoms with E-state index in [1.807, 2.05) is 36.1 Å². The number of fused-ring (bicyclic) bond motifs is 3. The number of tetrazole rings is 1. The first-order valence-corrected chi connectivity index (χ1v) is 14.4. The lowest BCUT2D eigenvalue weighted by atomic mass is 10.1. The maximum Gasteiger partial charge on any atom is 0.261 e. The third-order valence-corrected chi connectivity index (χ3v) is 8.78. The molecule has 4 aromatic rings. The number of H-pyrrole nitrogens is 1. The van der Waals surface area contributed by atoms with Crippen molar-refractivity contribution in [3.8, 4) is 5.75 Å². The summed E-state index contributed by atoms with van der Waals surface area (Å²) in [6.07, 6.45) is 4.30. The number of pyridine rings is 2. The summed E-state index contributed by atoms with van der Waals surface area (Å²) in [6, 6.07) is 10.9. The second kappa shape index (κ2) is 10.2. The molecule has 1 N–H and O–H groups in total.